The molecule has 0 saturated carbocycles. The van der Waals surface area contributed by atoms with Gasteiger partial charge in [0.1, 0.15) is 30.1 Å². The topological polar surface area (TPSA) is 73.0 Å². The van der Waals surface area contributed by atoms with Gasteiger partial charge in [-0.25, -0.2) is 18.2 Å². The maximum Gasteiger partial charge on any atom is 0.177 e. The van der Waals surface area contributed by atoms with Crippen molar-refractivity contribution < 1.29 is 22.6 Å². The molecule has 1 atom stereocenters. The molecular formula is C27H24F3N4O2S. The van der Waals surface area contributed by atoms with Gasteiger partial charge in [-0.15, -0.1) is 11.8 Å². The van der Waals surface area contributed by atoms with Crippen LogP contribution < -0.4 is 0 Å². The third-order valence-corrected chi connectivity index (χ3v) is 6.99. The molecule has 0 aliphatic carbocycles. The summed E-state index contributed by atoms with van der Waals surface area (Å²) >= 11 is 1.58. The monoisotopic (exact) mass is 525 g/mol. The molecule has 1 aliphatic rings. The number of allylic oxidation sites excluding steroid dienone is 2. The fourth-order valence-electron chi connectivity index (χ4n) is 3.78. The van der Waals surface area contributed by atoms with Gasteiger partial charge in [0.15, 0.2) is 6.29 Å². The quantitative estimate of drug-likeness (QED) is 0.352. The van der Waals surface area contributed by atoms with E-state index in [4.69, 9.17) is 14.7 Å². The maximum atomic E-state index is 14.6. The summed E-state index contributed by atoms with van der Waals surface area (Å²) in [4.78, 5) is 3.94. The minimum Gasteiger partial charge on any atom is -0.348 e. The Kier molecular flexibility index (Phi) is 9.17. The molecule has 2 heterocycles. The molecule has 1 aliphatic heterocycles. The first-order chi connectivity index (χ1) is 17.9. The van der Waals surface area contributed by atoms with Crippen molar-refractivity contribution in [2.24, 2.45) is 0 Å². The van der Waals surface area contributed by atoms with Crippen molar-refractivity contribution in [2.45, 2.75) is 30.3 Å². The first kappa shape index (κ1) is 26.7. The molecule has 0 amide bonds. The molecule has 10 heteroatoms. The predicted octanol–water partition coefficient (Wildman–Crippen LogP) is 5.32. The lowest BCUT2D eigenvalue weighted by Crippen LogP contribution is -2.35. The maximum absolute atomic E-state index is 14.6. The van der Waals surface area contributed by atoms with Gasteiger partial charge < -0.3 is 9.47 Å². The second-order valence-corrected chi connectivity index (χ2v) is 9.92. The number of nitriles is 1. The first-order valence-corrected chi connectivity index (χ1v) is 12.4. The Morgan fingerprint density at radius 1 is 1.16 bits per heavy atom. The number of rotatable bonds is 9. The van der Waals surface area contributed by atoms with Crippen LogP contribution in [0.2, 0.25) is 0 Å². The van der Waals surface area contributed by atoms with E-state index in [0.29, 0.717) is 30.9 Å². The molecule has 1 aromatic heterocycles. The molecule has 4 rings (SSSR count). The lowest BCUT2D eigenvalue weighted by atomic mass is 9.95. The number of thioether (sulfide) groups is 1. The van der Waals surface area contributed by atoms with Gasteiger partial charge in [0.2, 0.25) is 0 Å². The van der Waals surface area contributed by atoms with Gasteiger partial charge in [-0.3, -0.25) is 4.68 Å². The predicted molar refractivity (Wildman–Crippen MR) is 135 cm³/mol. The third-order valence-electron chi connectivity index (χ3n) is 5.64. The van der Waals surface area contributed by atoms with Crippen LogP contribution in [0.1, 0.15) is 23.6 Å². The summed E-state index contributed by atoms with van der Waals surface area (Å²) in [7, 11) is 0. The molecule has 1 fully saturated rings. The SMILES string of the molecule is C[C@@H](S[C@H]1CO[C@H](/C=C/C=C/c2ccc(C#N)cc2F)OC1)[C](Cn1cncn1)c1ccc(F)cc1F. The lowest BCUT2D eigenvalue weighted by molar-refractivity contribution is -0.146. The molecule has 0 unspecified atom stereocenters. The average molecular weight is 526 g/mol. The second kappa shape index (κ2) is 12.7. The number of nitrogens with zero attached hydrogens (tertiary/aromatic N) is 4. The van der Waals surface area contributed by atoms with Crippen LogP contribution in [0, 0.1) is 34.7 Å². The van der Waals surface area contributed by atoms with E-state index in [1.807, 2.05) is 13.0 Å². The molecule has 37 heavy (non-hydrogen) atoms. The zero-order chi connectivity index (χ0) is 26.2. The Bertz CT molecular complexity index is 1290. The molecule has 191 valence electrons. The Hall–Kier alpha value is -3.39. The van der Waals surface area contributed by atoms with Gasteiger partial charge in [-0.1, -0.05) is 37.3 Å². The van der Waals surface area contributed by atoms with Crippen molar-refractivity contribution >= 4 is 17.8 Å². The van der Waals surface area contributed by atoms with Gasteiger partial charge in [0, 0.05) is 22.8 Å². The van der Waals surface area contributed by atoms with Gasteiger partial charge in [-0.05, 0) is 29.8 Å². The highest BCUT2D eigenvalue weighted by atomic mass is 32.2. The van der Waals surface area contributed by atoms with Crippen molar-refractivity contribution in [2.75, 3.05) is 13.2 Å². The van der Waals surface area contributed by atoms with Crippen molar-refractivity contribution in [3.8, 4) is 6.07 Å². The smallest absolute Gasteiger partial charge is 0.177 e. The number of benzene rings is 2. The Morgan fingerprint density at radius 3 is 2.65 bits per heavy atom. The Labute approximate surface area is 217 Å². The van der Waals surface area contributed by atoms with Crippen LogP contribution in [-0.2, 0) is 16.0 Å². The zero-order valence-corrected chi connectivity index (χ0v) is 20.7. The molecule has 2 aromatic carbocycles. The van der Waals surface area contributed by atoms with Gasteiger partial charge in [0.25, 0.3) is 0 Å². The molecule has 0 N–H and O–H groups in total. The van der Waals surface area contributed by atoms with Crippen molar-refractivity contribution in [3.63, 3.8) is 0 Å². The third kappa shape index (κ3) is 7.32. The highest BCUT2D eigenvalue weighted by Crippen LogP contribution is 2.34. The second-order valence-electron chi connectivity index (χ2n) is 8.27. The van der Waals surface area contributed by atoms with E-state index in [1.165, 1.54) is 24.5 Å². The average Bonchev–Trinajstić information content (AvgIpc) is 3.40. The molecular weight excluding hydrogens is 501 g/mol. The van der Waals surface area contributed by atoms with E-state index >= 15 is 0 Å². The van der Waals surface area contributed by atoms with Crippen LogP contribution >= 0.6 is 11.8 Å². The van der Waals surface area contributed by atoms with E-state index in [-0.39, 0.29) is 16.1 Å². The van der Waals surface area contributed by atoms with Crippen molar-refractivity contribution in [1.29, 1.82) is 5.26 Å². The summed E-state index contributed by atoms with van der Waals surface area (Å²) in [5, 5.41) is 12.8. The van der Waals surface area contributed by atoms with Gasteiger partial charge in [-0.2, -0.15) is 10.4 Å². The molecule has 0 bridgehead atoms. The van der Waals surface area contributed by atoms with E-state index < -0.39 is 23.7 Å². The first-order valence-electron chi connectivity index (χ1n) is 11.5. The fourth-order valence-corrected chi connectivity index (χ4v) is 5.04. The van der Waals surface area contributed by atoms with E-state index in [2.05, 4.69) is 10.1 Å². The number of ether oxygens (including phenoxy) is 2. The fraction of sp³-hybridized carbons (Fsp3) is 0.259. The lowest BCUT2D eigenvalue weighted by Gasteiger charge is -2.31. The van der Waals surface area contributed by atoms with E-state index in [9.17, 15) is 13.2 Å². The molecule has 6 nitrogen and oxygen atoms in total. The molecule has 0 spiro atoms. The minimum atomic E-state index is -0.633. The summed E-state index contributed by atoms with van der Waals surface area (Å²) < 4.78 is 55.2. The summed E-state index contributed by atoms with van der Waals surface area (Å²) in [6.45, 7) is 3.10. The largest absolute Gasteiger partial charge is 0.348 e. The normalized spacial score (nSPS) is 19.0. The van der Waals surface area contributed by atoms with Crippen LogP contribution in [0.25, 0.3) is 6.08 Å². The number of halogens is 3. The van der Waals surface area contributed by atoms with Crippen molar-refractivity contribution in [3.05, 3.63) is 107 Å². The number of hydrogen-bond donors (Lipinski definition) is 0. The minimum absolute atomic E-state index is 0.00260. The van der Waals surface area contributed by atoms with Crippen LogP contribution in [0.3, 0.4) is 0 Å². The highest BCUT2D eigenvalue weighted by molar-refractivity contribution is 8.00. The highest BCUT2D eigenvalue weighted by Gasteiger charge is 2.29. The van der Waals surface area contributed by atoms with Crippen LogP contribution in [0.4, 0.5) is 13.2 Å². The van der Waals surface area contributed by atoms with Crippen LogP contribution in [-0.4, -0.2) is 44.8 Å². The van der Waals surface area contributed by atoms with Gasteiger partial charge >= 0.3 is 0 Å². The Balaban J connectivity index is 1.32. The van der Waals surface area contributed by atoms with E-state index in [1.54, 1.807) is 59.2 Å². The summed E-state index contributed by atoms with van der Waals surface area (Å²) in [5.74, 6) is -0.983. The van der Waals surface area contributed by atoms with E-state index in [0.717, 1.165) is 12.0 Å². The van der Waals surface area contributed by atoms with Crippen molar-refractivity contribution in [1.82, 2.24) is 14.8 Å². The Morgan fingerprint density at radius 2 is 1.97 bits per heavy atom. The zero-order valence-electron chi connectivity index (χ0n) is 19.9. The van der Waals surface area contributed by atoms with Crippen LogP contribution in [0.15, 0.2) is 67.3 Å². The van der Waals surface area contributed by atoms with Gasteiger partial charge in [0.05, 0.1) is 36.6 Å². The summed E-state index contributed by atoms with van der Waals surface area (Å²) in [6, 6.07) is 9.75. The number of hydrogen-bond acceptors (Lipinski definition) is 6. The summed E-state index contributed by atoms with van der Waals surface area (Å²) in [6.07, 6.45) is 9.10. The summed E-state index contributed by atoms with van der Waals surface area (Å²) in [5.41, 5.74) is 0.970. The standard InChI is InChI=1S/C27H24F3N4O2S/c1-18(24(13-34-17-32-16-33-34)23-9-8-21(28)11-26(23)30)37-22-14-35-27(36-15-22)5-3-2-4-20-7-6-19(12-31)10-25(20)29/h2-11,16-18,22,27H,13-15H2,1H3/b4-2+,5-3+/t18-,22-,27-/m1/s1. The molecule has 3 aromatic rings. The number of aromatic nitrogens is 3. The molecule has 1 radical (unpaired) electrons. The molecule has 1 saturated heterocycles. The van der Waals surface area contributed by atoms with Crippen LogP contribution in [0.5, 0.6) is 0 Å².